The lowest BCUT2D eigenvalue weighted by atomic mass is 10.0. The fourth-order valence-corrected chi connectivity index (χ4v) is 4.32. The van der Waals surface area contributed by atoms with E-state index in [1.54, 1.807) is 31.2 Å². The largest absolute Gasteiger partial charge is 0.491 e. The summed E-state index contributed by atoms with van der Waals surface area (Å²) in [5, 5.41) is 2.97. The second-order valence-electron chi connectivity index (χ2n) is 8.64. The third kappa shape index (κ3) is 4.87. The summed E-state index contributed by atoms with van der Waals surface area (Å²) < 4.78 is 44.7. The number of anilines is 1. The van der Waals surface area contributed by atoms with Gasteiger partial charge in [-0.15, -0.1) is 0 Å². The quantitative estimate of drug-likeness (QED) is 0.474. The van der Waals surface area contributed by atoms with Gasteiger partial charge in [-0.2, -0.15) is 13.2 Å². The molecule has 0 saturated carbocycles. The molecule has 0 spiro atoms. The number of nitrogens with zero attached hydrogens (tertiary/aromatic N) is 1. The molecule has 182 valence electrons. The number of hydrogen-bond donors (Lipinski definition) is 1. The zero-order valence-electron chi connectivity index (χ0n) is 19.5. The Labute approximate surface area is 201 Å². The summed E-state index contributed by atoms with van der Waals surface area (Å²) in [5.74, 6) is -0.665. The fraction of sp³-hybridized carbons (Fsp3) is 0.259. The average molecular weight is 483 g/mol. The second kappa shape index (κ2) is 9.44. The molecule has 4 rings (SSSR count). The van der Waals surface area contributed by atoms with Gasteiger partial charge in [0.25, 0.3) is 11.8 Å². The molecule has 2 atom stereocenters. The number of benzene rings is 3. The predicted octanol–water partition coefficient (Wildman–Crippen LogP) is 5.93. The first-order valence-electron chi connectivity index (χ1n) is 11.2. The van der Waals surface area contributed by atoms with Crippen molar-refractivity contribution in [3.05, 3.63) is 94.5 Å². The average Bonchev–Trinajstić information content (AvgIpc) is 3.12. The third-order valence-electron chi connectivity index (χ3n) is 6.10. The van der Waals surface area contributed by atoms with Crippen LogP contribution in [-0.4, -0.2) is 29.4 Å². The summed E-state index contributed by atoms with van der Waals surface area (Å²) in [6.07, 6.45) is -4.49. The zero-order valence-corrected chi connectivity index (χ0v) is 19.5. The van der Waals surface area contributed by atoms with E-state index >= 15 is 0 Å². The van der Waals surface area contributed by atoms with Crippen molar-refractivity contribution in [3.8, 4) is 5.75 Å². The van der Waals surface area contributed by atoms with Crippen LogP contribution in [-0.2, 0) is 11.0 Å². The maximum Gasteiger partial charge on any atom is 0.416 e. The van der Waals surface area contributed by atoms with Gasteiger partial charge in [-0.05, 0) is 61.7 Å². The summed E-state index contributed by atoms with van der Waals surface area (Å²) >= 11 is 0. The summed E-state index contributed by atoms with van der Waals surface area (Å²) in [5.41, 5.74) is 2.64. The van der Waals surface area contributed by atoms with Gasteiger partial charge >= 0.3 is 6.18 Å². The number of fused-ring (bicyclic) bond motifs is 1. The molecule has 0 aliphatic carbocycles. The number of alkyl halides is 3. The molecule has 0 fully saturated rings. The highest BCUT2D eigenvalue weighted by molar-refractivity contribution is 6.08. The molecule has 2 amide bonds. The smallest absolute Gasteiger partial charge is 0.416 e. The van der Waals surface area contributed by atoms with Gasteiger partial charge in [-0.3, -0.25) is 9.59 Å². The van der Waals surface area contributed by atoms with Crippen molar-refractivity contribution in [2.75, 3.05) is 11.9 Å². The Morgan fingerprint density at radius 1 is 1.03 bits per heavy atom. The highest BCUT2D eigenvalue weighted by atomic mass is 19.4. The second-order valence-corrected chi connectivity index (χ2v) is 8.64. The van der Waals surface area contributed by atoms with Crippen molar-refractivity contribution >= 4 is 17.5 Å². The Bertz CT molecular complexity index is 1250. The van der Waals surface area contributed by atoms with Crippen molar-refractivity contribution < 1.29 is 27.5 Å². The molecule has 3 aromatic rings. The summed E-state index contributed by atoms with van der Waals surface area (Å²) in [6.45, 7) is 5.39. The topological polar surface area (TPSA) is 58.6 Å². The molecule has 8 heteroatoms. The molecule has 0 saturated heterocycles. The minimum atomic E-state index is -4.49. The number of ether oxygens (including phenoxy) is 1. The minimum absolute atomic E-state index is 0.0346. The van der Waals surface area contributed by atoms with Crippen LogP contribution in [0.5, 0.6) is 5.75 Å². The summed E-state index contributed by atoms with van der Waals surface area (Å²) in [7, 11) is 0. The number of rotatable bonds is 6. The number of amides is 2. The van der Waals surface area contributed by atoms with Crippen LogP contribution in [0.4, 0.5) is 18.9 Å². The lowest BCUT2D eigenvalue weighted by Crippen LogP contribution is -2.44. The van der Waals surface area contributed by atoms with E-state index < -0.39 is 23.8 Å². The van der Waals surface area contributed by atoms with Gasteiger partial charge in [-0.1, -0.05) is 42.5 Å². The van der Waals surface area contributed by atoms with E-state index in [2.05, 4.69) is 5.32 Å². The molecule has 1 aliphatic rings. The Balaban J connectivity index is 1.59. The van der Waals surface area contributed by atoms with E-state index in [9.17, 15) is 22.8 Å². The number of nitrogens with one attached hydrogen (secondary N) is 1. The van der Waals surface area contributed by atoms with Crippen LogP contribution in [0.1, 0.15) is 45.6 Å². The van der Waals surface area contributed by atoms with Crippen LogP contribution in [0.3, 0.4) is 0 Å². The molecule has 35 heavy (non-hydrogen) atoms. The molecule has 1 N–H and O–H groups in total. The Morgan fingerprint density at radius 2 is 1.69 bits per heavy atom. The third-order valence-corrected chi connectivity index (χ3v) is 6.10. The van der Waals surface area contributed by atoms with Crippen LogP contribution in [0.25, 0.3) is 0 Å². The van der Waals surface area contributed by atoms with Crippen molar-refractivity contribution in [3.63, 3.8) is 0 Å². The SMILES string of the molecule is Cc1cccc(C)c1NC(=O)C1c2ccccc2C(=O)N1C(C)COc1cccc(C(F)(F)F)c1. The number of halogens is 3. The number of aryl methyl sites for hydroxylation is 2. The van der Waals surface area contributed by atoms with E-state index in [0.29, 0.717) is 16.8 Å². The Kier molecular flexibility index (Phi) is 6.56. The van der Waals surface area contributed by atoms with Crippen LogP contribution in [0.2, 0.25) is 0 Å². The van der Waals surface area contributed by atoms with Crippen molar-refractivity contribution in [1.29, 1.82) is 0 Å². The molecule has 5 nitrogen and oxygen atoms in total. The first kappa shape index (κ1) is 24.3. The van der Waals surface area contributed by atoms with Gasteiger partial charge < -0.3 is 15.0 Å². The highest BCUT2D eigenvalue weighted by Gasteiger charge is 2.43. The molecule has 1 heterocycles. The molecule has 0 bridgehead atoms. The first-order valence-corrected chi connectivity index (χ1v) is 11.2. The Morgan fingerprint density at radius 3 is 2.37 bits per heavy atom. The van der Waals surface area contributed by atoms with Crippen molar-refractivity contribution in [1.82, 2.24) is 4.90 Å². The van der Waals surface area contributed by atoms with Gasteiger partial charge in [0.15, 0.2) is 0 Å². The fourth-order valence-electron chi connectivity index (χ4n) is 4.32. The summed E-state index contributed by atoms with van der Waals surface area (Å²) in [4.78, 5) is 28.2. The molecule has 3 aromatic carbocycles. The number of para-hydroxylation sites is 1. The molecular weight excluding hydrogens is 457 g/mol. The first-order chi connectivity index (χ1) is 16.6. The lowest BCUT2D eigenvalue weighted by Gasteiger charge is -2.31. The van der Waals surface area contributed by atoms with Crippen LogP contribution >= 0.6 is 0 Å². The molecule has 0 radical (unpaired) electrons. The maximum atomic E-state index is 13.5. The summed E-state index contributed by atoms with van der Waals surface area (Å²) in [6, 6.07) is 15.6. The van der Waals surface area contributed by atoms with E-state index in [1.165, 1.54) is 17.0 Å². The van der Waals surface area contributed by atoms with Crippen LogP contribution in [0, 0.1) is 13.8 Å². The standard InChI is InChI=1S/C27H25F3N2O3/c1-16-8-6-9-17(2)23(16)31-25(33)24-21-12-4-5-13-22(21)26(34)32(24)18(3)15-35-20-11-7-10-19(14-20)27(28,29)30/h4-14,18,24H,15H2,1-3H3,(H,31,33). The number of hydrogen-bond acceptors (Lipinski definition) is 3. The lowest BCUT2D eigenvalue weighted by molar-refractivity contribution is -0.137. The molecule has 0 aromatic heterocycles. The Hall–Kier alpha value is -3.81. The minimum Gasteiger partial charge on any atom is -0.491 e. The van der Waals surface area contributed by atoms with E-state index in [1.807, 2.05) is 32.0 Å². The van der Waals surface area contributed by atoms with Gasteiger partial charge in [0.1, 0.15) is 18.4 Å². The van der Waals surface area contributed by atoms with Crippen molar-refractivity contribution in [2.24, 2.45) is 0 Å². The van der Waals surface area contributed by atoms with E-state index in [-0.39, 0.29) is 24.2 Å². The highest BCUT2D eigenvalue weighted by Crippen LogP contribution is 2.37. The van der Waals surface area contributed by atoms with Gasteiger partial charge in [0.05, 0.1) is 11.6 Å². The molecule has 1 aliphatic heterocycles. The van der Waals surface area contributed by atoms with Gasteiger partial charge in [0.2, 0.25) is 0 Å². The van der Waals surface area contributed by atoms with Crippen LogP contribution < -0.4 is 10.1 Å². The van der Waals surface area contributed by atoms with Gasteiger partial charge in [-0.25, -0.2) is 0 Å². The zero-order chi connectivity index (χ0) is 25.3. The maximum absolute atomic E-state index is 13.5. The van der Waals surface area contributed by atoms with Gasteiger partial charge in [0, 0.05) is 11.3 Å². The molecular formula is C27H25F3N2O3. The predicted molar refractivity (Wildman–Crippen MR) is 126 cm³/mol. The van der Waals surface area contributed by atoms with E-state index in [0.717, 1.165) is 23.3 Å². The van der Waals surface area contributed by atoms with Crippen LogP contribution in [0.15, 0.2) is 66.7 Å². The van der Waals surface area contributed by atoms with Crippen molar-refractivity contribution in [2.45, 2.75) is 39.0 Å². The monoisotopic (exact) mass is 482 g/mol. The number of carbonyl (C=O) groups is 2. The van der Waals surface area contributed by atoms with E-state index in [4.69, 9.17) is 4.74 Å². The number of carbonyl (C=O) groups excluding carboxylic acids is 2. The normalized spacial score (nSPS) is 16.1. The molecule has 2 unspecified atom stereocenters.